The number of fused-ring (bicyclic) bond motifs is 2. The average molecular weight is 538 g/mol. The topological polar surface area (TPSA) is 80.8 Å². The van der Waals surface area contributed by atoms with Crippen LogP contribution < -0.4 is 14.8 Å². The minimum absolute atomic E-state index is 0.166. The van der Waals surface area contributed by atoms with E-state index < -0.39 is 0 Å². The number of nitrogens with one attached hydrogen (secondary N) is 1. The standard InChI is InChI=1S/C33H35N3O4/c1-39-26-21-25-17-18-30(40-23-24-13-7-6-8-14-24)35-31(25)29(22-26)34-19-11-4-2-3-5-12-20-36-32(37)27-15-9-10-16-28(27)33(36)38/h6-10,13-18,21-22,34H,2-5,11-12,19-20,23H2,1H3. The summed E-state index contributed by atoms with van der Waals surface area (Å²) in [6.45, 7) is 1.78. The molecule has 0 fully saturated rings. The molecular formula is C33H35N3O4. The highest BCUT2D eigenvalue weighted by atomic mass is 16.5. The van der Waals surface area contributed by atoms with Gasteiger partial charge in [0.15, 0.2) is 0 Å². The van der Waals surface area contributed by atoms with Crippen molar-refractivity contribution in [1.82, 2.24) is 9.88 Å². The fourth-order valence-corrected chi connectivity index (χ4v) is 5.02. The minimum atomic E-state index is -0.166. The molecule has 1 aromatic heterocycles. The highest BCUT2D eigenvalue weighted by Gasteiger charge is 2.34. The van der Waals surface area contributed by atoms with Crippen molar-refractivity contribution in [1.29, 1.82) is 0 Å². The van der Waals surface area contributed by atoms with E-state index in [4.69, 9.17) is 14.5 Å². The molecule has 0 radical (unpaired) electrons. The van der Waals surface area contributed by atoms with Gasteiger partial charge in [-0.15, -0.1) is 0 Å². The van der Waals surface area contributed by atoms with E-state index in [1.165, 1.54) is 4.90 Å². The molecule has 0 saturated carbocycles. The van der Waals surface area contributed by atoms with Crippen LogP contribution in [0.4, 0.5) is 5.69 Å². The van der Waals surface area contributed by atoms with E-state index >= 15 is 0 Å². The minimum Gasteiger partial charge on any atom is -0.497 e. The van der Waals surface area contributed by atoms with Gasteiger partial charge < -0.3 is 14.8 Å². The average Bonchev–Trinajstić information content (AvgIpc) is 3.24. The smallest absolute Gasteiger partial charge is 0.261 e. The number of imide groups is 1. The van der Waals surface area contributed by atoms with Gasteiger partial charge in [-0.05, 0) is 42.7 Å². The van der Waals surface area contributed by atoms with Crippen LogP contribution in [0.1, 0.15) is 64.8 Å². The predicted molar refractivity (Wildman–Crippen MR) is 157 cm³/mol. The summed E-state index contributed by atoms with van der Waals surface area (Å²) in [5.41, 5.74) is 3.94. The Hall–Kier alpha value is -4.39. The van der Waals surface area contributed by atoms with Crippen molar-refractivity contribution in [2.45, 2.75) is 45.1 Å². The van der Waals surface area contributed by atoms with Crippen molar-refractivity contribution >= 4 is 28.4 Å². The SMILES string of the molecule is COc1cc(NCCCCCCCCN2C(=O)c3ccccc3C2=O)c2nc(OCc3ccccc3)ccc2c1. The lowest BCUT2D eigenvalue weighted by Crippen LogP contribution is -2.30. The van der Waals surface area contributed by atoms with Crippen molar-refractivity contribution in [3.63, 3.8) is 0 Å². The lowest BCUT2D eigenvalue weighted by Gasteiger charge is -2.14. The van der Waals surface area contributed by atoms with Crippen molar-refractivity contribution in [3.8, 4) is 11.6 Å². The van der Waals surface area contributed by atoms with Crippen LogP contribution in [-0.4, -0.2) is 41.9 Å². The first-order valence-electron chi connectivity index (χ1n) is 14.0. The number of carbonyl (C=O) groups excluding carboxylic acids is 2. The molecule has 1 aliphatic heterocycles. The number of amides is 2. The van der Waals surface area contributed by atoms with E-state index in [1.807, 2.05) is 54.6 Å². The summed E-state index contributed by atoms with van der Waals surface area (Å²) in [5.74, 6) is 1.04. The largest absolute Gasteiger partial charge is 0.497 e. The Labute approximate surface area is 235 Å². The molecule has 4 aromatic rings. The molecule has 5 rings (SSSR count). The van der Waals surface area contributed by atoms with Gasteiger partial charge in [0.05, 0.1) is 29.4 Å². The van der Waals surface area contributed by atoms with Crippen LogP contribution >= 0.6 is 0 Å². The first-order valence-corrected chi connectivity index (χ1v) is 14.0. The molecule has 7 nitrogen and oxygen atoms in total. The Morgan fingerprint density at radius 3 is 2.17 bits per heavy atom. The number of ether oxygens (including phenoxy) is 2. The molecule has 3 aromatic carbocycles. The molecule has 7 heteroatoms. The van der Waals surface area contributed by atoms with Gasteiger partial charge in [-0.2, -0.15) is 0 Å². The molecule has 1 N–H and O–H groups in total. The lowest BCUT2D eigenvalue weighted by atomic mass is 10.1. The van der Waals surface area contributed by atoms with Crippen LogP contribution in [0.3, 0.4) is 0 Å². The number of anilines is 1. The van der Waals surface area contributed by atoms with Gasteiger partial charge in [0.25, 0.3) is 11.8 Å². The summed E-state index contributed by atoms with van der Waals surface area (Å²) in [5, 5.41) is 4.53. The number of rotatable bonds is 14. The van der Waals surface area contributed by atoms with Crippen LogP contribution in [0.2, 0.25) is 0 Å². The van der Waals surface area contributed by atoms with E-state index in [0.29, 0.717) is 30.2 Å². The molecular weight excluding hydrogens is 502 g/mol. The van der Waals surface area contributed by atoms with Gasteiger partial charge in [-0.25, -0.2) is 4.98 Å². The van der Waals surface area contributed by atoms with Crippen molar-refractivity contribution < 1.29 is 19.1 Å². The third-order valence-electron chi connectivity index (χ3n) is 7.21. The summed E-state index contributed by atoms with van der Waals surface area (Å²) < 4.78 is 11.5. The Morgan fingerprint density at radius 2 is 1.45 bits per heavy atom. The second-order valence-electron chi connectivity index (χ2n) is 10.0. The number of hydrogen-bond acceptors (Lipinski definition) is 6. The zero-order valence-corrected chi connectivity index (χ0v) is 22.9. The van der Waals surface area contributed by atoms with Crippen LogP contribution in [0.25, 0.3) is 10.9 Å². The van der Waals surface area contributed by atoms with Gasteiger partial charge in [0, 0.05) is 30.6 Å². The van der Waals surface area contributed by atoms with Crippen LogP contribution in [0, 0.1) is 0 Å². The van der Waals surface area contributed by atoms with E-state index in [-0.39, 0.29) is 11.8 Å². The first-order chi connectivity index (χ1) is 19.6. The Balaban J connectivity index is 1.05. The second-order valence-corrected chi connectivity index (χ2v) is 10.0. The predicted octanol–water partition coefficient (Wildman–Crippen LogP) is 6.87. The number of carbonyl (C=O) groups is 2. The third kappa shape index (κ3) is 6.42. The second kappa shape index (κ2) is 13.1. The highest BCUT2D eigenvalue weighted by molar-refractivity contribution is 6.21. The Kier molecular flexibility index (Phi) is 8.91. The number of hydrogen-bond donors (Lipinski definition) is 1. The number of aromatic nitrogens is 1. The summed E-state index contributed by atoms with van der Waals surface area (Å²) in [7, 11) is 1.67. The summed E-state index contributed by atoms with van der Waals surface area (Å²) >= 11 is 0. The van der Waals surface area contributed by atoms with Crippen molar-refractivity contribution in [2.75, 3.05) is 25.5 Å². The van der Waals surface area contributed by atoms with E-state index in [2.05, 4.69) is 5.32 Å². The molecule has 0 saturated heterocycles. The number of nitrogens with zero attached hydrogens (tertiary/aromatic N) is 2. The molecule has 0 spiro atoms. The van der Waals surface area contributed by atoms with Crippen molar-refractivity contribution in [2.24, 2.45) is 0 Å². The maximum absolute atomic E-state index is 12.5. The van der Waals surface area contributed by atoms with Gasteiger partial charge in [0.1, 0.15) is 12.4 Å². The molecule has 2 amide bonds. The molecule has 0 aliphatic carbocycles. The van der Waals surface area contributed by atoms with Crippen LogP contribution in [0.15, 0.2) is 78.9 Å². The van der Waals surface area contributed by atoms with Gasteiger partial charge >= 0.3 is 0 Å². The first kappa shape index (κ1) is 27.2. The Bertz CT molecular complexity index is 1440. The van der Waals surface area contributed by atoms with E-state index in [9.17, 15) is 9.59 Å². The normalized spacial score (nSPS) is 12.6. The third-order valence-corrected chi connectivity index (χ3v) is 7.21. The van der Waals surface area contributed by atoms with Gasteiger partial charge in [-0.1, -0.05) is 68.1 Å². The van der Waals surface area contributed by atoms with Gasteiger partial charge in [0.2, 0.25) is 5.88 Å². The summed E-state index contributed by atoms with van der Waals surface area (Å²) in [6.07, 6.45) is 6.15. The highest BCUT2D eigenvalue weighted by Crippen LogP contribution is 2.30. The Morgan fingerprint density at radius 1 is 0.775 bits per heavy atom. The fraction of sp³-hybridized carbons (Fsp3) is 0.303. The number of methoxy groups -OCH3 is 1. The lowest BCUT2D eigenvalue weighted by molar-refractivity contribution is 0.0651. The fourth-order valence-electron chi connectivity index (χ4n) is 5.02. The zero-order chi connectivity index (χ0) is 27.7. The number of benzene rings is 3. The number of unbranched alkanes of at least 4 members (excludes halogenated alkanes) is 5. The molecule has 0 bridgehead atoms. The summed E-state index contributed by atoms with van der Waals surface area (Å²) in [4.78, 5) is 31.1. The number of pyridine rings is 1. The van der Waals surface area contributed by atoms with E-state index in [0.717, 1.165) is 73.0 Å². The van der Waals surface area contributed by atoms with Crippen molar-refractivity contribution in [3.05, 3.63) is 95.6 Å². The van der Waals surface area contributed by atoms with Crippen LogP contribution in [-0.2, 0) is 6.61 Å². The molecule has 0 atom stereocenters. The quantitative estimate of drug-likeness (QED) is 0.140. The summed E-state index contributed by atoms with van der Waals surface area (Å²) in [6, 6.07) is 25.0. The van der Waals surface area contributed by atoms with Crippen LogP contribution in [0.5, 0.6) is 11.6 Å². The maximum Gasteiger partial charge on any atom is 0.261 e. The monoisotopic (exact) mass is 537 g/mol. The van der Waals surface area contributed by atoms with E-state index in [1.54, 1.807) is 31.4 Å². The maximum atomic E-state index is 12.5. The zero-order valence-electron chi connectivity index (χ0n) is 22.9. The molecule has 0 unspecified atom stereocenters. The molecule has 2 heterocycles. The van der Waals surface area contributed by atoms with Gasteiger partial charge in [-0.3, -0.25) is 14.5 Å². The molecule has 206 valence electrons. The molecule has 1 aliphatic rings. The molecule has 40 heavy (non-hydrogen) atoms.